The first kappa shape index (κ1) is 19.4. The third-order valence-electron chi connectivity index (χ3n) is 4.44. The van der Waals surface area contributed by atoms with Crippen molar-refractivity contribution in [1.82, 2.24) is 4.90 Å². The summed E-state index contributed by atoms with van der Waals surface area (Å²) in [5.41, 5.74) is 7.17. The fourth-order valence-electron chi connectivity index (χ4n) is 3.11. The Balaban J connectivity index is 1.63. The molecule has 0 heterocycles. The van der Waals surface area contributed by atoms with Gasteiger partial charge in [0, 0.05) is 6.54 Å². The molecule has 3 aromatic rings. The van der Waals surface area contributed by atoms with Crippen LogP contribution in [0.5, 0.6) is 5.75 Å². The van der Waals surface area contributed by atoms with Gasteiger partial charge in [0.25, 0.3) is 5.91 Å². The summed E-state index contributed by atoms with van der Waals surface area (Å²) in [6, 6.07) is 18.8. The van der Waals surface area contributed by atoms with Gasteiger partial charge in [-0.2, -0.15) is 0 Å². The number of nitrogens with one attached hydrogen (secondary N) is 1. The number of benzene rings is 3. The van der Waals surface area contributed by atoms with E-state index < -0.39 is 5.91 Å². The van der Waals surface area contributed by atoms with Crippen LogP contribution in [0.3, 0.4) is 0 Å². The summed E-state index contributed by atoms with van der Waals surface area (Å²) >= 11 is 0. The van der Waals surface area contributed by atoms with Crippen LogP contribution in [-0.2, 0) is 11.3 Å². The molecule has 144 valence electrons. The number of para-hydroxylation sites is 1. The second kappa shape index (κ2) is 8.54. The first-order valence-corrected chi connectivity index (χ1v) is 8.90. The number of carbonyl (C=O) groups is 2. The predicted octanol–water partition coefficient (Wildman–Crippen LogP) is 3.02. The Kier molecular flexibility index (Phi) is 5.91. The number of hydrogen-bond donors (Lipinski definition) is 2. The van der Waals surface area contributed by atoms with Crippen molar-refractivity contribution >= 4 is 28.3 Å². The molecule has 0 aliphatic rings. The van der Waals surface area contributed by atoms with Crippen LogP contribution in [0.4, 0.5) is 5.69 Å². The number of nitrogens with zero attached hydrogens (tertiary/aromatic N) is 1. The molecule has 0 aliphatic carbocycles. The molecule has 0 spiro atoms. The molecular weight excluding hydrogens is 354 g/mol. The van der Waals surface area contributed by atoms with Crippen LogP contribution in [0.15, 0.2) is 60.7 Å². The summed E-state index contributed by atoms with van der Waals surface area (Å²) in [5.74, 6) is 0.0454. The van der Waals surface area contributed by atoms with Gasteiger partial charge in [0.1, 0.15) is 5.75 Å². The lowest BCUT2D eigenvalue weighted by Gasteiger charge is -2.17. The number of rotatable bonds is 7. The highest BCUT2D eigenvalue weighted by molar-refractivity contribution is 6.03. The highest BCUT2D eigenvalue weighted by atomic mass is 16.5. The van der Waals surface area contributed by atoms with E-state index >= 15 is 0 Å². The smallest absolute Gasteiger partial charge is 0.250 e. The molecule has 0 aromatic heterocycles. The second-order valence-corrected chi connectivity index (χ2v) is 6.68. The number of carbonyl (C=O) groups excluding carboxylic acids is 2. The van der Waals surface area contributed by atoms with Crippen molar-refractivity contribution < 1.29 is 14.3 Å². The summed E-state index contributed by atoms with van der Waals surface area (Å²) < 4.78 is 5.25. The van der Waals surface area contributed by atoms with Crippen LogP contribution in [-0.4, -0.2) is 37.4 Å². The normalized spacial score (nSPS) is 10.8. The topological polar surface area (TPSA) is 84.7 Å². The Bertz CT molecular complexity index is 1020. The van der Waals surface area contributed by atoms with Crippen molar-refractivity contribution in [3.63, 3.8) is 0 Å². The quantitative estimate of drug-likeness (QED) is 0.663. The fraction of sp³-hybridized carbons (Fsp3) is 0.182. The van der Waals surface area contributed by atoms with Crippen molar-refractivity contribution in [3.8, 4) is 5.75 Å². The van der Waals surface area contributed by atoms with Gasteiger partial charge in [0.2, 0.25) is 5.91 Å². The highest BCUT2D eigenvalue weighted by Crippen LogP contribution is 2.22. The van der Waals surface area contributed by atoms with E-state index in [4.69, 9.17) is 10.5 Å². The minimum absolute atomic E-state index is 0.188. The van der Waals surface area contributed by atoms with E-state index in [1.807, 2.05) is 42.3 Å². The van der Waals surface area contributed by atoms with Gasteiger partial charge in [-0.05, 0) is 53.7 Å². The van der Waals surface area contributed by atoms with Gasteiger partial charge in [0.15, 0.2) is 0 Å². The molecular formula is C22H23N3O3. The minimum atomic E-state index is -0.572. The van der Waals surface area contributed by atoms with Crippen LogP contribution in [0, 0.1) is 0 Å². The van der Waals surface area contributed by atoms with Gasteiger partial charge in [0.05, 0.1) is 24.9 Å². The Hall–Kier alpha value is -3.38. The largest absolute Gasteiger partial charge is 0.497 e. The molecule has 3 rings (SSSR count). The van der Waals surface area contributed by atoms with Crippen molar-refractivity contribution in [2.24, 2.45) is 5.73 Å². The van der Waals surface area contributed by atoms with E-state index in [1.165, 1.54) is 0 Å². The fourth-order valence-corrected chi connectivity index (χ4v) is 3.11. The number of anilines is 1. The van der Waals surface area contributed by atoms with E-state index in [1.54, 1.807) is 31.4 Å². The molecule has 0 unspecified atom stereocenters. The van der Waals surface area contributed by atoms with Crippen LogP contribution < -0.4 is 15.8 Å². The van der Waals surface area contributed by atoms with Gasteiger partial charge in [-0.3, -0.25) is 14.5 Å². The number of amides is 2. The Morgan fingerprint density at radius 3 is 2.50 bits per heavy atom. The first-order valence-electron chi connectivity index (χ1n) is 8.90. The maximum Gasteiger partial charge on any atom is 0.250 e. The van der Waals surface area contributed by atoms with E-state index in [9.17, 15) is 9.59 Å². The van der Waals surface area contributed by atoms with E-state index in [0.29, 0.717) is 17.8 Å². The number of fused-ring (bicyclic) bond motifs is 1. The van der Waals surface area contributed by atoms with Gasteiger partial charge in [-0.1, -0.05) is 30.3 Å². The summed E-state index contributed by atoms with van der Waals surface area (Å²) in [6.45, 7) is 0.806. The SMILES string of the molecule is COc1ccc2cc(CN(C)CC(=O)Nc3ccccc3C(N)=O)ccc2c1. The molecule has 3 aromatic carbocycles. The van der Waals surface area contributed by atoms with Crippen molar-refractivity contribution in [2.75, 3.05) is 26.0 Å². The van der Waals surface area contributed by atoms with Crippen LogP contribution in [0.1, 0.15) is 15.9 Å². The zero-order valence-electron chi connectivity index (χ0n) is 15.9. The number of hydrogen-bond acceptors (Lipinski definition) is 4. The van der Waals surface area contributed by atoms with Crippen LogP contribution in [0.25, 0.3) is 10.8 Å². The molecule has 28 heavy (non-hydrogen) atoms. The molecule has 2 amide bonds. The Morgan fingerprint density at radius 2 is 1.75 bits per heavy atom. The highest BCUT2D eigenvalue weighted by Gasteiger charge is 2.12. The Morgan fingerprint density at radius 1 is 1.04 bits per heavy atom. The maximum absolute atomic E-state index is 12.4. The van der Waals surface area contributed by atoms with Crippen LogP contribution >= 0.6 is 0 Å². The van der Waals surface area contributed by atoms with Gasteiger partial charge in [-0.15, -0.1) is 0 Å². The summed E-state index contributed by atoms with van der Waals surface area (Å²) in [4.78, 5) is 25.7. The molecule has 0 aliphatic heterocycles. The summed E-state index contributed by atoms with van der Waals surface area (Å²) in [5, 5.41) is 4.98. The predicted molar refractivity (Wildman–Crippen MR) is 110 cm³/mol. The first-order chi connectivity index (χ1) is 13.5. The number of nitrogens with two attached hydrogens (primary N) is 1. The Labute approximate surface area is 163 Å². The second-order valence-electron chi connectivity index (χ2n) is 6.68. The van der Waals surface area contributed by atoms with Crippen molar-refractivity contribution in [1.29, 1.82) is 0 Å². The average Bonchev–Trinajstić information content (AvgIpc) is 2.67. The zero-order chi connectivity index (χ0) is 20.1. The molecule has 0 bridgehead atoms. The minimum Gasteiger partial charge on any atom is -0.497 e. The molecule has 6 heteroatoms. The molecule has 3 N–H and O–H groups in total. The van der Waals surface area contributed by atoms with Crippen molar-refractivity contribution in [2.45, 2.75) is 6.54 Å². The van der Waals surface area contributed by atoms with Crippen LogP contribution in [0.2, 0.25) is 0 Å². The molecule has 0 saturated heterocycles. The molecule has 0 fully saturated rings. The van der Waals surface area contributed by atoms with Gasteiger partial charge >= 0.3 is 0 Å². The lowest BCUT2D eigenvalue weighted by molar-refractivity contribution is -0.117. The van der Waals surface area contributed by atoms with E-state index in [-0.39, 0.29) is 12.5 Å². The average molecular weight is 377 g/mol. The summed E-state index contributed by atoms with van der Waals surface area (Å²) in [7, 11) is 3.52. The van der Waals surface area contributed by atoms with Gasteiger partial charge in [-0.25, -0.2) is 0 Å². The van der Waals surface area contributed by atoms with E-state index in [2.05, 4.69) is 11.4 Å². The van der Waals surface area contributed by atoms with Gasteiger partial charge < -0.3 is 15.8 Å². The molecule has 6 nitrogen and oxygen atoms in total. The number of likely N-dealkylation sites (N-methyl/N-ethyl adjacent to an activating group) is 1. The zero-order valence-corrected chi connectivity index (χ0v) is 15.9. The van der Waals surface area contributed by atoms with Crippen molar-refractivity contribution in [3.05, 3.63) is 71.8 Å². The number of ether oxygens (including phenoxy) is 1. The lowest BCUT2D eigenvalue weighted by Crippen LogP contribution is -2.30. The standard InChI is InChI=1S/C22H23N3O3/c1-25(14-21(26)24-20-6-4-3-5-19(20)22(23)27)13-15-7-8-17-12-18(28-2)10-9-16(17)11-15/h3-12H,13-14H2,1-2H3,(H2,23,27)(H,24,26). The number of primary amides is 1. The molecule has 0 saturated carbocycles. The lowest BCUT2D eigenvalue weighted by atomic mass is 10.1. The van der Waals surface area contributed by atoms with E-state index in [0.717, 1.165) is 22.1 Å². The summed E-state index contributed by atoms with van der Waals surface area (Å²) in [6.07, 6.45) is 0. The molecule has 0 atom stereocenters. The third kappa shape index (κ3) is 4.66. The molecule has 0 radical (unpaired) electrons. The maximum atomic E-state index is 12.4. The number of methoxy groups -OCH3 is 1. The third-order valence-corrected chi connectivity index (χ3v) is 4.44. The monoisotopic (exact) mass is 377 g/mol.